The number of Topliss-reactive ketones (excluding diaryl/α,β-unsaturated/α-hetero) is 1. The average molecular weight is 526 g/mol. The second-order valence-corrected chi connectivity index (χ2v) is 9.50. The lowest BCUT2D eigenvalue weighted by Gasteiger charge is -2.25. The van der Waals surface area contributed by atoms with Gasteiger partial charge in [0.25, 0.3) is 11.7 Å². The van der Waals surface area contributed by atoms with Crippen molar-refractivity contribution in [3.8, 4) is 5.75 Å². The van der Waals surface area contributed by atoms with Gasteiger partial charge >= 0.3 is 0 Å². The number of carbonyl (C=O) groups excluding carboxylic acids is 2. The third kappa shape index (κ3) is 5.75. The van der Waals surface area contributed by atoms with Crippen molar-refractivity contribution in [2.24, 2.45) is 0 Å². The summed E-state index contributed by atoms with van der Waals surface area (Å²) in [5.41, 5.74) is 3.07. The fraction of sp³-hybridized carbons (Fsp3) is 0.194. The molecule has 0 bridgehead atoms. The zero-order valence-electron chi connectivity index (χ0n) is 21.5. The van der Waals surface area contributed by atoms with Crippen molar-refractivity contribution in [1.29, 1.82) is 0 Å². The van der Waals surface area contributed by atoms with Gasteiger partial charge in [-0.25, -0.2) is 9.37 Å². The largest absolute Gasteiger partial charge is 0.507 e. The number of aryl methyl sites for hydroxylation is 2. The van der Waals surface area contributed by atoms with Gasteiger partial charge in [-0.05, 0) is 60.9 Å². The molecule has 1 aliphatic rings. The number of imidazole rings is 1. The van der Waals surface area contributed by atoms with Gasteiger partial charge in [0.2, 0.25) is 0 Å². The first-order valence-electron chi connectivity index (χ1n) is 12.7. The van der Waals surface area contributed by atoms with Crippen LogP contribution in [-0.2, 0) is 22.7 Å². The highest BCUT2D eigenvalue weighted by atomic mass is 19.1. The molecule has 8 heteroatoms. The Kier molecular flexibility index (Phi) is 7.54. The summed E-state index contributed by atoms with van der Waals surface area (Å²) in [7, 11) is 0. The van der Waals surface area contributed by atoms with Crippen LogP contribution in [-0.4, -0.2) is 37.8 Å². The molecule has 0 spiro atoms. The molecule has 1 N–H and O–H groups in total. The smallest absolute Gasteiger partial charge is 0.295 e. The van der Waals surface area contributed by atoms with E-state index in [-0.39, 0.29) is 17.9 Å². The standard InChI is InChI=1S/C31H28FN3O4/c1-21-4-2-5-22(18-21)19-39-26-12-8-24(9-13-26)29(36)27-28(23-6-10-25(32)11-7-23)35(31(38)30(27)37)16-3-15-34-17-14-33-20-34/h2,4-14,17-18,20,28,36H,3,15-16,19H2,1H3/t28-/m0/s1. The van der Waals surface area contributed by atoms with Crippen molar-refractivity contribution in [2.75, 3.05) is 6.54 Å². The maximum Gasteiger partial charge on any atom is 0.295 e. The van der Waals surface area contributed by atoms with Crippen molar-refractivity contribution < 1.29 is 23.8 Å². The first-order valence-corrected chi connectivity index (χ1v) is 12.7. The number of amides is 1. The van der Waals surface area contributed by atoms with Crippen LogP contribution >= 0.6 is 0 Å². The van der Waals surface area contributed by atoms with Crippen LogP contribution in [0.1, 0.15) is 34.7 Å². The minimum Gasteiger partial charge on any atom is -0.507 e. The number of hydrogen-bond acceptors (Lipinski definition) is 5. The average Bonchev–Trinajstić information content (AvgIpc) is 3.55. The van der Waals surface area contributed by atoms with Crippen LogP contribution in [0.25, 0.3) is 5.76 Å². The quantitative estimate of drug-likeness (QED) is 0.179. The third-order valence-electron chi connectivity index (χ3n) is 6.72. The number of hydrogen-bond donors (Lipinski definition) is 1. The van der Waals surface area contributed by atoms with Crippen LogP contribution in [0.3, 0.4) is 0 Å². The molecular weight excluding hydrogens is 497 g/mol. The van der Waals surface area contributed by atoms with Crippen molar-refractivity contribution in [2.45, 2.75) is 32.5 Å². The Balaban J connectivity index is 1.41. The number of ketones is 1. The molecule has 1 atom stereocenters. The van der Waals surface area contributed by atoms with Crippen molar-refractivity contribution in [1.82, 2.24) is 14.5 Å². The molecule has 39 heavy (non-hydrogen) atoms. The highest BCUT2D eigenvalue weighted by Gasteiger charge is 2.45. The van der Waals surface area contributed by atoms with E-state index in [9.17, 15) is 19.1 Å². The number of carbonyl (C=O) groups is 2. The summed E-state index contributed by atoms with van der Waals surface area (Å²) < 4.78 is 21.5. The molecule has 4 aromatic rings. The Morgan fingerprint density at radius 3 is 2.49 bits per heavy atom. The molecule has 1 fully saturated rings. The number of rotatable bonds is 9. The fourth-order valence-corrected chi connectivity index (χ4v) is 4.78. The van der Waals surface area contributed by atoms with Crippen molar-refractivity contribution in [3.05, 3.63) is 125 Å². The molecule has 0 saturated carbocycles. The van der Waals surface area contributed by atoms with Crippen LogP contribution in [0.2, 0.25) is 0 Å². The number of benzene rings is 3. The topological polar surface area (TPSA) is 84.7 Å². The molecule has 5 rings (SSSR count). The van der Waals surface area contributed by atoms with E-state index in [1.807, 2.05) is 42.0 Å². The molecule has 198 valence electrons. The molecule has 0 unspecified atom stereocenters. The predicted molar refractivity (Wildman–Crippen MR) is 144 cm³/mol. The number of aliphatic hydroxyl groups is 1. The molecule has 1 aliphatic heterocycles. The highest BCUT2D eigenvalue weighted by Crippen LogP contribution is 2.39. The normalized spacial score (nSPS) is 16.6. The predicted octanol–water partition coefficient (Wildman–Crippen LogP) is 5.42. The van der Waals surface area contributed by atoms with Gasteiger partial charge in [-0.2, -0.15) is 0 Å². The Bertz CT molecular complexity index is 1500. The van der Waals surface area contributed by atoms with E-state index in [1.54, 1.807) is 36.8 Å². The molecule has 0 aliphatic carbocycles. The molecule has 1 amide bonds. The minimum absolute atomic E-state index is 0.0253. The Morgan fingerprint density at radius 2 is 1.79 bits per heavy atom. The first kappa shape index (κ1) is 25.9. The van der Waals surface area contributed by atoms with Gasteiger partial charge < -0.3 is 19.3 Å². The van der Waals surface area contributed by atoms with Crippen LogP contribution in [0, 0.1) is 12.7 Å². The van der Waals surface area contributed by atoms with E-state index in [4.69, 9.17) is 4.74 Å². The maximum atomic E-state index is 13.7. The number of ether oxygens (including phenoxy) is 1. The second kappa shape index (κ2) is 11.3. The summed E-state index contributed by atoms with van der Waals surface area (Å²) in [6.45, 7) is 3.28. The molecular formula is C31H28FN3O4. The lowest BCUT2D eigenvalue weighted by molar-refractivity contribution is -0.139. The molecule has 7 nitrogen and oxygen atoms in total. The zero-order chi connectivity index (χ0) is 27.4. The lowest BCUT2D eigenvalue weighted by Crippen LogP contribution is -2.31. The van der Waals surface area contributed by atoms with E-state index in [0.717, 1.165) is 11.1 Å². The molecule has 1 aromatic heterocycles. The number of aromatic nitrogens is 2. The fourth-order valence-electron chi connectivity index (χ4n) is 4.78. The van der Waals surface area contributed by atoms with Crippen LogP contribution < -0.4 is 4.74 Å². The Labute approximate surface area is 225 Å². The first-order chi connectivity index (χ1) is 18.9. The molecule has 0 radical (unpaired) electrons. The van der Waals surface area contributed by atoms with Gasteiger partial charge in [-0.15, -0.1) is 0 Å². The van der Waals surface area contributed by atoms with Gasteiger partial charge in [0.15, 0.2) is 0 Å². The van der Waals surface area contributed by atoms with Gasteiger partial charge in [0.1, 0.15) is 23.9 Å². The summed E-state index contributed by atoms with van der Waals surface area (Å²) in [5, 5.41) is 11.3. The monoisotopic (exact) mass is 525 g/mol. The van der Waals surface area contributed by atoms with Gasteiger partial charge in [0, 0.05) is 31.0 Å². The number of aliphatic hydroxyl groups excluding tert-OH is 1. The van der Waals surface area contributed by atoms with Crippen molar-refractivity contribution in [3.63, 3.8) is 0 Å². The second-order valence-electron chi connectivity index (χ2n) is 9.50. The minimum atomic E-state index is -0.842. The van der Waals surface area contributed by atoms with Crippen LogP contribution in [0.4, 0.5) is 4.39 Å². The molecule has 3 aromatic carbocycles. The number of halogens is 1. The van der Waals surface area contributed by atoms with E-state index >= 15 is 0 Å². The van der Waals surface area contributed by atoms with E-state index < -0.39 is 23.5 Å². The maximum absolute atomic E-state index is 13.7. The molecule has 1 saturated heterocycles. The van der Waals surface area contributed by atoms with Gasteiger partial charge in [0.05, 0.1) is 17.9 Å². The Hall–Kier alpha value is -4.72. The summed E-state index contributed by atoms with van der Waals surface area (Å²) in [4.78, 5) is 31.8. The lowest BCUT2D eigenvalue weighted by atomic mass is 9.95. The summed E-state index contributed by atoms with van der Waals surface area (Å²) in [5.74, 6) is -1.59. The van der Waals surface area contributed by atoms with E-state index in [0.29, 0.717) is 36.4 Å². The SMILES string of the molecule is Cc1cccc(COc2ccc(C(O)=C3C(=O)C(=O)N(CCCn4ccnc4)[C@H]3c3ccc(F)cc3)cc2)c1. The van der Waals surface area contributed by atoms with Crippen LogP contribution in [0.15, 0.2) is 97.1 Å². The van der Waals surface area contributed by atoms with Gasteiger partial charge in [-0.1, -0.05) is 42.0 Å². The van der Waals surface area contributed by atoms with Crippen LogP contribution in [0.5, 0.6) is 5.75 Å². The van der Waals surface area contributed by atoms with E-state index in [2.05, 4.69) is 4.98 Å². The number of nitrogens with zero attached hydrogens (tertiary/aromatic N) is 3. The summed E-state index contributed by atoms with van der Waals surface area (Å²) >= 11 is 0. The summed E-state index contributed by atoms with van der Waals surface area (Å²) in [6.07, 6.45) is 5.73. The number of likely N-dealkylation sites (tertiary alicyclic amines) is 1. The summed E-state index contributed by atoms with van der Waals surface area (Å²) in [6, 6.07) is 19.5. The third-order valence-corrected chi connectivity index (χ3v) is 6.72. The molecule has 2 heterocycles. The highest BCUT2D eigenvalue weighted by molar-refractivity contribution is 6.46. The Morgan fingerprint density at radius 1 is 1.03 bits per heavy atom. The zero-order valence-corrected chi connectivity index (χ0v) is 21.5. The van der Waals surface area contributed by atoms with E-state index in [1.165, 1.54) is 29.2 Å². The van der Waals surface area contributed by atoms with Gasteiger partial charge in [-0.3, -0.25) is 9.59 Å². The van der Waals surface area contributed by atoms with Crippen molar-refractivity contribution >= 4 is 17.4 Å².